The Bertz CT molecular complexity index is 430. The van der Waals surface area contributed by atoms with Crippen LogP contribution in [0.3, 0.4) is 0 Å². The summed E-state index contributed by atoms with van der Waals surface area (Å²) in [5.41, 5.74) is 2.22. The van der Waals surface area contributed by atoms with Crippen LogP contribution in [0, 0.1) is 5.92 Å². The summed E-state index contributed by atoms with van der Waals surface area (Å²) in [4.78, 5) is 0. The third-order valence-electron chi connectivity index (χ3n) is 3.42. The summed E-state index contributed by atoms with van der Waals surface area (Å²) >= 11 is 6.72. The fourth-order valence-corrected chi connectivity index (χ4v) is 2.80. The molecule has 0 atom stereocenters. The lowest BCUT2D eigenvalue weighted by atomic mass is 10.0. The molecule has 110 valence electrons. The molecule has 1 heterocycles. The van der Waals surface area contributed by atoms with E-state index in [4.69, 9.17) is 9.47 Å². The quantitative estimate of drug-likeness (QED) is 0.634. The maximum atomic E-state index is 5.84. The van der Waals surface area contributed by atoms with Crippen molar-refractivity contribution >= 4 is 37.9 Å². The summed E-state index contributed by atoms with van der Waals surface area (Å²) in [6, 6.07) is 8.25. The maximum Gasteiger partial charge on any atom is 0.183 e. The van der Waals surface area contributed by atoms with Gasteiger partial charge in [0, 0.05) is 11.5 Å². The van der Waals surface area contributed by atoms with Crippen molar-refractivity contribution in [3.8, 4) is 0 Å². The van der Waals surface area contributed by atoms with Gasteiger partial charge in [0.1, 0.15) is 0 Å². The number of halogens is 2. The highest BCUT2D eigenvalue weighted by Gasteiger charge is 2.22. The van der Waals surface area contributed by atoms with Gasteiger partial charge in [0.15, 0.2) is 6.29 Å². The molecule has 0 spiro atoms. The van der Waals surface area contributed by atoms with E-state index in [-0.39, 0.29) is 6.29 Å². The van der Waals surface area contributed by atoms with Crippen molar-refractivity contribution in [2.24, 2.45) is 5.92 Å². The number of rotatable bonds is 5. The number of benzene rings is 1. The molecule has 4 heteroatoms. The minimum Gasteiger partial charge on any atom is -0.348 e. The van der Waals surface area contributed by atoms with Gasteiger partial charge in [-0.15, -0.1) is 0 Å². The van der Waals surface area contributed by atoms with Crippen molar-refractivity contribution in [3.63, 3.8) is 0 Å². The Hall–Kier alpha value is -0.160. The highest BCUT2D eigenvalue weighted by atomic mass is 79.9. The van der Waals surface area contributed by atoms with Crippen LogP contribution in [0.1, 0.15) is 43.6 Å². The van der Waals surface area contributed by atoms with Gasteiger partial charge in [-0.1, -0.05) is 44.0 Å². The van der Waals surface area contributed by atoms with Gasteiger partial charge in [-0.3, -0.25) is 0 Å². The van der Waals surface area contributed by atoms with Crippen LogP contribution in [0.25, 0.3) is 6.08 Å². The highest BCUT2D eigenvalue weighted by Crippen LogP contribution is 2.28. The van der Waals surface area contributed by atoms with E-state index < -0.39 is 0 Å². The number of hydrogen-bond donors (Lipinski definition) is 0. The first-order valence-corrected chi connectivity index (χ1v) is 8.63. The van der Waals surface area contributed by atoms with Gasteiger partial charge in [0.25, 0.3) is 0 Å². The van der Waals surface area contributed by atoms with Crippen LogP contribution in [0.15, 0.2) is 27.7 Å². The summed E-state index contributed by atoms with van der Waals surface area (Å²) in [6.07, 6.45) is 5.49. The molecule has 0 aliphatic carbocycles. The van der Waals surface area contributed by atoms with Crippen molar-refractivity contribution in [3.05, 3.63) is 38.8 Å². The van der Waals surface area contributed by atoms with Gasteiger partial charge in [0.05, 0.1) is 16.6 Å². The Balaban J connectivity index is 1.89. The van der Waals surface area contributed by atoms with Crippen LogP contribution in [-0.2, 0) is 9.47 Å². The molecule has 0 N–H and O–H groups in total. The predicted octanol–water partition coefficient (Wildman–Crippen LogP) is 5.63. The molecule has 1 aromatic carbocycles. The Morgan fingerprint density at radius 1 is 1.20 bits per heavy atom. The Labute approximate surface area is 137 Å². The fraction of sp³-hybridized carbons (Fsp3) is 0.500. The van der Waals surface area contributed by atoms with Crippen LogP contribution in [0.4, 0.5) is 0 Å². The van der Waals surface area contributed by atoms with Crippen LogP contribution in [0.2, 0.25) is 0 Å². The van der Waals surface area contributed by atoms with E-state index in [1.165, 1.54) is 19.3 Å². The predicted molar refractivity (Wildman–Crippen MR) is 89.9 cm³/mol. The molecular formula is C16H20Br2O2. The summed E-state index contributed by atoms with van der Waals surface area (Å²) in [7, 11) is 0. The van der Waals surface area contributed by atoms with Crippen LogP contribution >= 0.6 is 31.9 Å². The molecule has 0 radical (unpaired) electrons. The van der Waals surface area contributed by atoms with Crippen LogP contribution in [0.5, 0.6) is 0 Å². The summed E-state index contributed by atoms with van der Waals surface area (Å²) in [5, 5.41) is 0. The van der Waals surface area contributed by atoms with Crippen molar-refractivity contribution in [2.75, 3.05) is 13.2 Å². The van der Waals surface area contributed by atoms with Gasteiger partial charge in [-0.2, -0.15) is 0 Å². The van der Waals surface area contributed by atoms with Gasteiger partial charge in [-0.05, 0) is 49.9 Å². The van der Waals surface area contributed by atoms with Crippen LogP contribution < -0.4 is 0 Å². The minimum atomic E-state index is -0.210. The first kappa shape index (κ1) is 16.2. The topological polar surface area (TPSA) is 18.5 Å². The fourth-order valence-electron chi connectivity index (χ4n) is 2.27. The Kier molecular flexibility index (Phi) is 6.75. The van der Waals surface area contributed by atoms with E-state index in [2.05, 4.69) is 63.0 Å². The lowest BCUT2D eigenvalue weighted by Crippen LogP contribution is -2.27. The molecule has 0 amide bonds. The molecule has 1 saturated heterocycles. The maximum absolute atomic E-state index is 5.84. The molecule has 0 bridgehead atoms. The van der Waals surface area contributed by atoms with Crippen molar-refractivity contribution < 1.29 is 9.47 Å². The second kappa shape index (κ2) is 8.32. The SMILES string of the molecule is CCCC[C@H]1CO[C@H](c2ccc(C=C(Br)Br)cc2)OC1. The Morgan fingerprint density at radius 2 is 1.85 bits per heavy atom. The van der Waals surface area contributed by atoms with Gasteiger partial charge >= 0.3 is 0 Å². The van der Waals surface area contributed by atoms with Gasteiger partial charge in [0.2, 0.25) is 0 Å². The zero-order chi connectivity index (χ0) is 14.4. The molecular weight excluding hydrogens is 384 g/mol. The molecule has 1 aliphatic rings. The molecule has 1 aromatic rings. The first-order valence-electron chi connectivity index (χ1n) is 7.05. The smallest absolute Gasteiger partial charge is 0.183 e. The van der Waals surface area contributed by atoms with Gasteiger partial charge < -0.3 is 9.47 Å². The first-order chi connectivity index (χ1) is 9.69. The number of hydrogen-bond acceptors (Lipinski definition) is 2. The molecule has 1 aliphatic heterocycles. The van der Waals surface area contributed by atoms with Crippen LogP contribution in [-0.4, -0.2) is 13.2 Å². The lowest BCUT2D eigenvalue weighted by Gasteiger charge is -2.29. The van der Waals surface area contributed by atoms with E-state index in [1.54, 1.807) is 0 Å². The molecule has 2 rings (SSSR count). The molecule has 1 fully saturated rings. The average Bonchev–Trinajstić information content (AvgIpc) is 2.46. The molecule has 2 nitrogen and oxygen atoms in total. The third kappa shape index (κ3) is 4.99. The van der Waals surface area contributed by atoms with Crippen molar-refractivity contribution in [2.45, 2.75) is 32.5 Å². The summed E-state index contributed by atoms with van der Waals surface area (Å²) < 4.78 is 12.6. The standard InChI is InChI=1S/C16H20Br2O2/c1-2-3-4-13-10-19-16(20-11-13)14-7-5-12(6-8-14)9-15(17)18/h5-9,13,16H,2-4,10-11H2,1H3/t13-,16-. The largest absolute Gasteiger partial charge is 0.348 e. The second-order valence-electron chi connectivity index (χ2n) is 5.11. The number of ether oxygens (including phenoxy) is 2. The van der Waals surface area contributed by atoms with Crippen molar-refractivity contribution in [1.82, 2.24) is 0 Å². The van der Waals surface area contributed by atoms with E-state index >= 15 is 0 Å². The van der Waals surface area contributed by atoms with E-state index in [0.29, 0.717) is 5.92 Å². The zero-order valence-electron chi connectivity index (χ0n) is 11.6. The average molecular weight is 404 g/mol. The van der Waals surface area contributed by atoms with E-state index in [9.17, 15) is 0 Å². The monoisotopic (exact) mass is 402 g/mol. The molecule has 20 heavy (non-hydrogen) atoms. The summed E-state index contributed by atoms with van der Waals surface area (Å²) in [5.74, 6) is 0.553. The van der Waals surface area contributed by atoms with E-state index in [0.717, 1.165) is 27.7 Å². The van der Waals surface area contributed by atoms with Crippen molar-refractivity contribution in [1.29, 1.82) is 0 Å². The normalized spacial score (nSPS) is 22.6. The Morgan fingerprint density at radius 3 is 2.40 bits per heavy atom. The molecule has 0 saturated carbocycles. The molecule has 0 unspecified atom stereocenters. The summed E-state index contributed by atoms with van der Waals surface area (Å²) in [6.45, 7) is 3.83. The van der Waals surface area contributed by atoms with E-state index in [1.807, 2.05) is 6.08 Å². The third-order valence-corrected chi connectivity index (χ3v) is 3.87. The highest BCUT2D eigenvalue weighted by molar-refractivity contribution is 9.28. The zero-order valence-corrected chi connectivity index (χ0v) is 14.8. The minimum absolute atomic E-state index is 0.210. The number of unbranched alkanes of at least 4 members (excludes halogenated alkanes) is 1. The lowest BCUT2D eigenvalue weighted by molar-refractivity contribution is -0.206. The van der Waals surface area contributed by atoms with Gasteiger partial charge in [-0.25, -0.2) is 0 Å². The second-order valence-corrected chi connectivity index (χ2v) is 7.88. The molecule has 0 aromatic heterocycles.